The molecule has 0 saturated carbocycles. The second-order valence-electron chi connectivity index (χ2n) is 5.50. The molecule has 82 valence electrons. The summed E-state index contributed by atoms with van der Waals surface area (Å²) in [4.78, 5) is 0. The first-order valence-electron chi connectivity index (χ1n) is 5.73. The summed E-state index contributed by atoms with van der Waals surface area (Å²) in [6.07, 6.45) is 4.41. The number of allylic oxidation sites excluding steroid dienone is 2. The molecule has 0 spiro atoms. The molecule has 0 amide bonds. The lowest BCUT2D eigenvalue weighted by atomic mass is 9.64. The molecular formula is C13H24O. The van der Waals surface area contributed by atoms with Crippen molar-refractivity contribution in [3.05, 3.63) is 11.6 Å². The van der Waals surface area contributed by atoms with Gasteiger partial charge in [0.2, 0.25) is 0 Å². The normalized spacial score (nSPS) is 35.6. The Morgan fingerprint density at radius 1 is 1.50 bits per heavy atom. The fourth-order valence-electron chi connectivity index (χ4n) is 2.57. The summed E-state index contributed by atoms with van der Waals surface area (Å²) in [5, 5.41) is 10.2. The minimum Gasteiger partial charge on any atom is -0.392 e. The van der Waals surface area contributed by atoms with Crippen LogP contribution in [0.1, 0.15) is 47.5 Å². The maximum absolute atomic E-state index is 10.2. The third kappa shape index (κ3) is 2.03. The molecule has 1 N–H and O–H groups in total. The maximum Gasteiger partial charge on any atom is 0.0622 e. The number of rotatable bonds is 2. The van der Waals surface area contributed by atoms with Gasteiger partial charge in [0.1, 0.15) is 0 Å². The quantitative estimate of drug-likeness (QED) is 0.671. The van der Waals surface area contributed by atoms with Crippen molar-refractivity contribution in [3.8, 4) is 0 Å². The van der Waals surface area contributed by atoms with Crippen LogP contribution in [0.25, 0.3) is 0 Å². The minimum atomic E-state index is -0.179. The standard InChI is InChI=1S/C13H24O/c1-9(2)12(14)13(5)7-6-10(3)8-11(13)4/h8-9,11-12,14H,6-7H2,1-5H3. The summed E-state index contributed by atoms with van der Waals surface area (Å²) in [5.41, 5.74) is 1.55. The molecule has 0 radical (unpaired) electrons. The molecule has 0 fully saturated rings. The molecule has 1 heteroatoms. The fraction of sp³-hybridized carbons (Fsp3) is 0.846. The van der Waals surface area contributed by atoms with E-state index in [0.717, 1.165) is 12.8 Å². The van der Waals surface area contributed by atoms with Gasteiger partial charge < -0.3 is 5.11 Å². The lowest BCUT2D eigenvalue weighted by Gasteiger charge is -2.43. The van der Waals surface area contributed by atoms with Crippen LogP contribution >= 0.6 is 0 Å². The van der Waals surface area contributed by atoms with Gasteiger partial charge >= 0.3 is 0 Å². The van der Waals surface area contributed by atoms with Gasteiger partial charge in [-0.05, 0) is 31.6 Å². The molecule has 0 aromatic heterocycles. The average Bonchev–Trinajstić information content (AvgIpc) is 2.10. The van der Waals surface area contributed by atoms with Crippen LogP contribution in [-0.2, 0) is 0 Å². The van der Waals surface area contributed by atoms with E-state index in [4.69, 9.17) is 0 Å². The van der Waals surface area contributed by atoms with Crippen molar-refractivity contribution in [2.24, 2.45) is 17.3 Å². The van der Waals surface area contributed by atoms with Gasteiger partial charge in [0.25, 0.3) is 0 Å². The van der Waals surface area contributed by atoms with Gasteiger partial charge in [-0.15, -0.1) is 0 Å². The molecule has 0 aliphatic heterocycles. The molecule has 0 aromatic carbocycles. The van der Waals surface area contributed by atoms with Gasteiger partial charge in [-0.25, -0.2) is 0 Å². The smallest absolute Gasteiger partial charge is 0.0622 e. The van der Waals surface area contributed by atoms with Crippen molar-refractivity contribution in [2.75, 3.05) is 0 Å². The van der Waals surface area contributed by atoms with E-state index in [1.165, 1.54) is 5.57 Å². The molecule has 1 aliphatic carbocycles. The molecule has 0 heterocycles. The first-order chi connectivity index (χ1) is 6.38. The van der Waals surface area contributed by atoms with Gasteiger partial charge in [-0.2, -0.15) is 0 Å². The zero-order valence-electron chi connectivity index (χ0n) is 10.2. The Hall–Kier alpha value is -0.300. The lowest BCUT2D eigenvalue weighted by Crippen LogP contribution is -2.42. The molecule has 0 aromatic rings. The van der Waals surface area contributed by atoms with E-state index in [1.807, 2.05) is 0 Å². The highest BCUT2D eigenvalue weighted by Crippen LogP contribution is 2.44. The van der Waals surface area contributed by atoms with Crippen LogP contribution in [0.2, 0.25) is 0 Å². The Kier molecular flexibility index (Phi) is 3.41. The first-order valence-corrected chi connectivity index (χ1v) is 5.73. The molecule has 1 aliphatic rings. The third-order valence-electron chi connectivity index (χ3n) is 3.94. The van der Waals surface area contributed by atoms with Gasteiger partial charge in [0.05, 0.1) is 6.10 Å². The van der Waals surface area contributed by atoms with Crippen LogP contribution in [0.4, 0.5) is 0 Å². The first kappa shape index (κ1) is 11.8. The van der Waals surface area contributed by atoms with Crippen molar-refractivity contribution in [2.45, 2.75) is 53.6 Å². The van der Waals surface area contributed by atoms with Crippen molar-refractivity contribution in [3.63, 3.8) is 0 Å². The Balaban J connectivity index is 2.85. The summed E-state index contributed by atoms with van der Waals surface area (Å²) in [6.45, 7) is 10.9. The molecule has 3 atom stereocenters. The van der Waals surface area contributed by atoms with E-state index >= 15 is 0 Å². The van der Waals surface area contributed by atoms with Gasteiger partial charge in [-0.1, -0.05) is 39.3 Å². The summed E-state index contributed by atoms with van der Waals surface area (Å²) in [7, 11) is 0. The van der Waals surface area contributed by atoms with Crippen LogP contribution in [0, 0.1) is 17.3 Å². The summed E-state index contributed by atoms with van der Waals surface area (Å²) >= 11 is 0. The van der Waals surface area contributed by atoms with E-state index in [9.17, 15) is 5.11 Å². The van der Waals surface area contributed by atoms with Gasteiger partial charge in [-0.3, -0.25) is 0 Å². The number of aliphatic hydroxyl groups excluding tert-OH is 1. The Morgan fingerprint density at radius 3 is 2.50 bits per heavy atom. The maximum atomic E-state index is 10.2. The van der Waals surface area contributed by atoms with E-state index in [2.05, 4.69) is 40.7 Å². The fourth-order valence-corrected chi connectivity index (χ4v) is 2.57. The SMILES string of the molecule is CC1=CC(C)C(C)(C(O)C(C)C)CC1. The van der Waals surface area contributed by atoms with Gasteiger partial charge in [0.15, 0.2) is 0 Å². The van der Waals surface area contributed by atoms with Crippen molar-refractivity contribution in [1.82, 2.24) is 0 Å². The van der Waals surface area contributed by atoms with Crippen molar-refractivity contribution in [1.29, 1.82) is 0 Å². The molecule has 0 bridgehead atoms. The van der Waals surface area contributed by atoms with Crippen LogP contribution in [0.15, 0.2) is 11.6 Å². The van der Waals surface area contributed by atoms with Crippen LogP contribution in [0.3, 0.4) is 0 Å². The number of aliphatic hydroxyl groups is 1. The third-order valence-corrected chi connectivity index (χ3v) is 3.94. The Bertz CT molecular complexity index is 229. The second-order valence-corrected chi connectivity index (χ2v) is 5.50. The molecule has 0 saturated heterocycles. The van der Waals surface area contributed by atoms with Crippen molar-refractivity contribution < 1.29 is 5.11 Å². The number of hydrogen-bond acceptors (Lipinski definition) is 1. The summed E-state index contributed by atoms with van der Waals surface area (Å²) in [6, 6.07) is 0. The van der Waals surface area contributed by atoms with E-state index in [-0.39, 0.29) is 11.5 Å². The largest absolute Gasteiger partial charge is 0.392 e. The Labute approximate surface area is 88.2 Å². The highest BCUT2D eigenvalue weighted by molar-refractivity contribution is 5.11. The van der Waals surface area contributed by atoms with E-state index < -0.39 is 0 Å². The van der Waals surface area contributed by atoms with Gasteiger partial charge in [0, 0.05) is 5.41 Å². The van der Waals surface area contributed by atoms with E-state index in [1.54, 1.807) is 0 Å². The van der Waals surface area contributed by atoms with Crippen molar-refractivity contribution >= 4 is 0 Å². The molecule has 14 heavy (non-hydrogen) atoms. The summed E-state index contributed by atoms with van der Waals surface area (Å²) < 4.78 is 0. The lowest BCUT2D eigenvalue weighted by molar-refractivity contribution is -0.0293. The van der Waals surface area contributed by atoms with Crippen LogP contribution in [0.5, 0.6) is 0 Å². The molecule has 1 rings (SSSR count). The Morgan fingerprint density at radius 2 is 2.07 bits per heavy atom. The average molecular weight is 196 g/mol. The van der Waals surface area contributed by atoms with Crippen LogP contribution in [-0.4, -0.2) is 11.2 Å². The molecule has 3 unspecified atom stereocenters. The van der Waals surface area contributed by atoms with Crippen LogP contribution < -0.4 is 0 Å². The summed E-state index contributed by atoms with van der Waals surface area (Å²) in [5.74, 6) is 0.850. The topological polar surface area (TPSA) is 20.2 Å². The monoisotopic (exact) mass is 196 g/mol. The highest BCUT2D eigenvalue weighted by Gasteiger charge is 2.40. The number of hydrogen-bond donors (Lipinski definition) is 1. The highest BCUT2D eigenvalue weighted by atomic mass is 16.3. The predicted molar refractivity (Wildman–Crippen MR) is 61.1 cm³/mol. The zero-order chi connectivity index (χ0) is 10.9. The molecule has 1 nitrogen and oxygen atoms in total. The predicted octanol–water partition coefficient (Wildman–Crippen LogP) is 3.39. The van der Waals surface area contributed by atoms with E-state index in [0.29, 0.717) is 11.8 Å². The minimum absolute atomic E-state index is 0.0771. The second kappa shape index (κ2) is 4.06. The molecular weight excluding hydrogens is 172 g/mol. The zero-order valence-corrected chi connectivity index (χ0v) is 10.2.